The summed E-state index contributed by atoms with van der Waals surface area (Å²) in [5.41, 5.74) is 12.2. The van der Waals surface area contributed by atoms with Crippen molar-refractivity contribution in [2.75, 3.05) is 11.5 Å². The van der Waals surface area contributed by atoms with E-state index in [1.165, 1.54) is 12.1 Å². The molecular formula is C19H22ClN6O3-. The molecule has 1 aliphatic heterocycles. The Bertz CT molecular complexity index is 904. The molecule has 0 aliphatic carbocycles. The lowest BCUT2D eigenvalue weighted by molar-refractivity contribution is -0.384. The van der Waals surface area contributed by atoms with Crippen LogP contribution in [-0.4, -0.2) is 29.1 Å². The molecule has 4 N–H and O–H groups in total. The van der Waals surface area contributed by atoms with Crippen molar-refractivity contribution in [2.45, 2.75) is 25.4 Å². The van der Waals surface area contributed by atoms with E-state index in [1.807, 2.05) is 42.2 Å². The summed E-state index contributed by atoms with van der Waals surface area (Å²) in [5.74, 6) is 1.00. The van der Waals surface area contributed by atoms with Crippen LogP contribution in [-0.2, 0) is 0 Å². The fourth-order valence-electron chi connectivity index (χ4n) is 3.15. The summed E-state index contributed by atoms with van der Waals surface area (Å²) in [6.07, 6.45) is 1.28. The third kappa shape index (κ3) is 5.14. The first kappa shape index (κ1) is 22.0. The number of non-ortho nitro benzene ring substituents is 1. The van der Waals surface area contributed by atoms with Crippen molar-refractivity contribution in [3.05, 3.63) is 64.7 Å². The Morgan fingerprint density at radius 2 is 1.79 bits per heavy atom. The van der Waals surface area contributed by atoms with Crippen LogP contribution in [0.5, 0.6) is 5.75 Å². The van der Waals surface area contributed by atoms with Gasteiger partial charge in [-0.05, 0) is 44.0 Å². The quantitative estimate of drug-likeness (QED) is 0.358. The Balaban J connectivity index is 0.00000300. The molecule has 9 nitrogen and oxygen atoms in total. The molecule has 0 spiro atoms. The number of hydrogen-bond donors (Lipinski definition) is 2. The molecule has 154 valence electrons. The van der Waals surface area contributed by atoms with Crippen molar-refractivity contribution < 1.29 is 22.1 Å². The lowest BCUT2D eigenvalue weighted by Crippen LogP contribution is -3.00. The van der Waals surface area contributed by atoms with Crippen LogP contribution in [0.3, 0.4) is 0 Å². The van der Waals surface area contributed by atoms with Crippen LogP contribution in [0.25, 0.3) is 0 Å². The molecule has 1 unspecified atom stereocenters. The molecule has 0 saturated heterocycles. The van der Waals surface area contributed by atoms with Crippen molar-refractivity contribution >= 4 is 23.3 Å². The Labute approximate surface area is 174 Å². The van der Waals surface area contributed by atoms with E-state index in [0.717, 1.165) is 5.69 Å². The number of para-hydroxylation sites is 1. The number of nitro groups is 1. The van der Waals surface area contributed by atoms with Crippen molar-refractivity contribution in [3.8, 4) is 5.75 Å². The molecule has 0 fully saturated rings. The molecular weight excluding hydrogens is 396 g/mol. The second-order valence-electron chi connectivity index (χ2n) is 6.53. The zero-order valence-corrected chi connectivity index (χ0v) is 16.6. The third-order valence-electron chi connectivity index (χ3n) is 4.42. The second-order valence-corrected chi connectivity index (χ2v) is 6.53. The normalized spacial score (nSPS) is 18.3. The molecule has 29 heavy (non-hydrogen) atoms. The maximum Gasteiger partial charge on any atom is 0.269 e. The van der Waals surface area contributed by atoms with Crippen LogP contribution in [0.15, 0.2) is 64.6 Å². The highest BCUT2D eigenvalue weighted by atomic mass is 35.5. The van der Waals surface area contributed by atoms with Crippen LogP contribution in [0.1, 0.15) is 19.8 Å². The lowest BCUT2D eigenvalue weighted by atomic mass is 10.0. The van der Waals surface area contributed by atoms with Gasteiger partial charge in [0.15, 0.2) is 0 Å². The summed E-state index contributed by atoms with van der Waals surface area (Å²) in [7, 11) is 0. The molecule has 0 aromatic heterocycles. The Morgan fingerprint density at radius 3 is 2.41 bits per heavy atom. The Hall–Kier alpha value is -3.33. The number of ether oxygens (including phenoxy) is 1. The van der Waals surface area contributed by atoms with Gasteiger partial charge in [-0.25, -0.2) is 4.99 Å². The van der Waals surface area contributed by atoms with Gasteiger partial charge in [0, 0.05) is 17.8 Å². The standard InChI is InChI=1S/C19H22N6O3.ClH/c1-19(12-5-13-28-16-10-8-15(9-11-16)25(26)27)23-17(20)22-18(21)24(19)14-6-3-2-4-7-14;/h2-4,6-11H,5,12-13H2,1H3,(H4,20,21,22,23);1H/p-1. The predicted octanol–water partition coefficient (Wildman–Crippen LogP) is -0.376. The minimum absolute atomic E-state index is 0. The average molecular weight is 418 g/mol. The number of guanidine groups is 2. The lowest BCUT2D eigenvalue weighted by Gasteiger charge is -2.41. The Kier molecular flexibility index (Phi) is 7.00. The van der Waals surface area contributed by atoms with Gasteiger partial charge in [-0.15, -0.1) is 0 Å². The molecule has 1 heterocycles. The molecule has 3 rings (SSSR count). The summed E-state index contributed by atoms with van der Waals surface area (Å²) in [6.45, 7) is 2.36. The number of hydrogen-bond acceptors (Lipinski definition) is 8. The van der Waals surface area contributed by atoms with Gasteiger partial charge in [0.1, 0.15) is 11.4 Å². The molecule has 10 heteroatoms. The highest BCUT2D eigenvalue weighted by Gasteiger charge is 2.37. The zero-order valence-electron chi connectivity index (χ0n) is 15.9. The molecule has 2 aromatic rings. The number of aliphatic imine (C=N–C) groups is 2. The van der Waals surface area contributed by atoms with Gasteiger partial charge in [0.2, 0.25) is 11.9 Å². The van der Waals surface area contributed by atoms with Crippen molar-refractivity contribution in [3.63, 3.8) is 0 Å². The summed E-state index contributed by atoms with van der Waals surface area (Å²) in [4.78, 5) is 20.7. The molecule has 1 atom stereocenters. The number of benzene rings is 2. The molecule has 1 aliphatic rings. The first-order valence-electron chi connectivity index (χ1n) is 8.81. The first-order chi connectivity index (χ1) is 13.4. The summed E-state index contributed by atoms with van der Waals surface area (Å²) < 4.78 is 5.69. The monoisotopic (exact) mass is 417 g/mol. The van der Waals surface area contributed by atoms with E-state index in [2.05, 4.69) is 9.98 Å². The molecule has 0 radical (unpaired) electrons. The molecule has 0 bridgehead atoms. The smallest absolute Gasteiger partial charge is 0.269 e. The van der Waals surface area contributed by atoms with Gasteiger partial charge in [-0.1, -0.05) is 18.2 Å². The van der Waals surface area contributed by atoms with Crippen LogP contribution in [0, 0.1) is 10.1 Å². The van der Waals surface area contributed by atoms with Gasteiger partial charge in [-0.2, -0.15) is 4.99 Å². The summed E-state index contributed by atoms with van der Waals surface area (Å²) >= 11 is 0. The van der Waals surface area contributed by atoms with E-state index in [0.29, 0.717) is 25.2 Å². The van der Waals surface area contributed by atoms with Gasteiger partial charge >= 0.3 is 0 Å². The van der Waals surface area contributed by atoms with E-state index in [1.54, 1.807) is 12.1 Å². The molecule has 2 aromatic carbocycles. The SMILES string of the molecule is CC1(CCCOc2ccc([N+](=O)[O-])cc2)N=C(N)N=C(N)N1c1ccccc1.[Cl-]. The van der Waals surface area contributed by atoms with Crippen LogP contribution >= 0.6 is 0 Å². The van der Waals surface area contributed by atoms with E-state index >= 15 is 0 Å². The maximum absolute atomic E-state index is 10.7. The number of nitrogens with two attached hydrogens (primary N) is 2. The minimum Gasteiger partial charge on any atom is -1.00 e. The van der Waals surface area contributed by atoms with Gasteiger partial charge in [0.25, 0.3) is 5.69 Å². The van der Waals surface area contributed by atoms with E-state index < -0.39 is 10.6 Å². The number of halogens is 1. The van der Waals surface area contributed by atoms with E-state index in [4.69, 9.17) is 16.2 Å². The van der Waals surface area contributed by atoms with E-state index in [9.17, 15) is 10.1 Å². The third-order valence-corrected chi connectivity index (χ3v) is 4.42. The summed E-state index contributed by atoms with van der Waals surface area (Å²) in [5, 5.41) is 10.7. The van der Waals surface area contributed by atoms with Crippen molar-refractivity contribution in [1.29, 1.82) is 0 Å². The summed E-state index contributed by atoms with van der Waals surface area (Å²) in [6, 6.07) is 15.6. The van der Waals surface area contributed by atoms with Crippen LogP contribution < -0.4 is 33.5 Å². The number of rotatable bonds is 7. The average Bonchev–Trinajstić information content (AvgIpc) is 2.66. The van der Waals surface area contributed by atoms with Crippen molar-refractivity contribution in [1.82, 2.24) is 0 Å². The van der Waals surface area contributed by atoms with Crippen molar-refractivity contribution in [2.24, 2.45) is 21.5 Å². The highest BCUT2D eigenvalue weighted by Crippen LogP contribution is 2.31. The largest absolute Gasteiger partial charge is 1.00 e. The van der Waals surface area contributed by atoms with E-state index in [-0.39, 0.29) is 30.0 Å². The number of nitrogens with zero attached hydrogens (tertiary/aromatic N) is 4. The number of nitro benzene ring substituents is 1. The van der Waals surface area contributed by atoms with Gasteiger partial charge in [-0.3, -0.25) is 15.0 Å². The molecule has 0 saturated carbocycles. The predicted molar refractivity (Wildman–Crippen MR) is 108 cm³/mol. The fraction of sp³-hybridized carbons (Fsp3) is 0.263. The van der Waals surface area contributed by atoms with Crippen LogP contribution in [0.2, 0.25) is 0 Å². The first-order valence-corrected chi connectivity index (χ1v) is 8.81. The number of anilines is 1. The maximum atomic E-state index is 10.7. The fourth-order valence-corrected chi connectivity index (χ4v) is 3.15. The molecule has 0 amide bonds. The highest BCUT2D eigenvalue weighted by molar-refractivity contribution is 6.05. The zero-order chi connectivity index (χ0) is 20.1. The van der Waals surface area contributed by atoms with Gasteiger partial charge < -0.3 is 28.6 Å². The minimum atomic E-state index is -0.698. The van der Waals surface area contributed by atoms with Crippen LogP contribution in [0.4, 0.5) is 11.4 Å². The Morgan fingerprint density at radius 1 is 1.14 bits per heavy atom. The van der Waals surface area contributed by atoms with Gasteiger partial charge in [0.05, 0.1) is 11.5 Å². The topological polar surface area (TPSA) is 132 Å². The second kappa shape index (κ2) is 9.24.